The number of hydrogen-bond acceptors (Lipinski definition) is 4. The van der Waals surface area contributed by atoms with E-state index in [9.17, 15) is 0 Å². The molecule has 3 aromatic rings. The van der Waals surface area contributed by atoms with Crippen molar-refractivity contribution < 1.29 is 9.47 Å². The molecule has 4 rings (SSSR count). The van der Waals surface area contributed by atoms with Crippen LogP contribution in [0.1, 0.15) is 37.4 Å². The minimum Gasteiger partial charge on any atom is -0.490 e. The number of rotatable bonds is 8. The number of pyridine rings is 1. The van der Waals surface area contributed by atoms with Gasteiger partial charge in [-0.2, -0.15) is 0 Å². The van der Waals surface area contributed by atoms with Gasteiger partial charge >= 0.3 is 0 Å². The van der Waals surface area contributed by atoms with Crippen molar-refractivity contribution in [2.24, 2.45) is 0 Å². The molecule has 0 saturated carbocycles. The van der Waals surface area contributed by atoms with E-state index in [1.165, 1.54) is 25.9 Å². The highest BCUT2D eigenvalue weighted by molar-refractivity contribution is 6.30. The maximum atomic E-state index is 6.04. The molecule has 5 heteroatoms. The Hall–Kier alpha value is -3.00. The Balaban J connectivity index is 1.43. The fourth-order valence-corrected chi connectivity index (χ4v) is 3.86. The lowest BCUT2D eigenvalue weighted by Crippen LogP contribution is -2.25. The van der Waals surface area contributed by atoms with Crippen LogP contribution in [0.2, 0.25) is 5.02 Å². The summed E-state index contributed by atoms with van der Waals surface area (Å²) in [6.07, 6.45) is 5.35. The van der Waals surface area contributed by atoms with E-state index >= 15 is 0 Å². The average Bonchev–Trinajstić information content (AvgIpc) is 3.37. The molecule has 0 atom stereocenters. The molecule has 0 aliphatic carbocycles. The van der Waals surface area contributed by atoms with E-state index in [4.69, 9.17) is 21.1 Å². The lowest BCUT2D eigenvalue weighted by atomic mass is 10.1. The Morgan fingerprint density at radius 2 is 1.64 bits per heavy atom. The Morgan fingerprint density at radius 3 is 2.36 bits per heavy atom. The van der Waals surface area contributed by atoms with Gasteiger partial charge in [0.25, 0.3) is 0 Å². The third kappa shape index (κ3) is 6.74. The second-order valence-corrected chi connectivity index (χ2v) is 8.53. The number of hydrogen-bond donors (Lipinski definition) is 0. The SMILES string of the molecule is CCCOc1cc(C#Cc2ccc(-c3ccc(Cl)cc3)cn2)ccc1OCCN1CCCC1. The molecule has 0 bridgehead atoms. The zero-order valence-corrected chi connectivity index (χ0v) is 19.8. The average molecular weight is 461 g/mol. The summed E-state index contributed by atoms with van der Waals surface area (Å²) in [6.45, 7) is 6.70. The highest BCUT2D eigenvalue weighted by atomic mass is 35.5. The van der Waals surface area contributed by atoms with E-state index < -0.39 is 0 Å². The Kier molecular flexibility index (Phi) is 8.24. The summed E-state index contributed by atoms with van der Waals surface area (Å²) in [5.74, 6) is 7.87. The molecule has 2 aromatic carbocycles. The molecule has 0 radical (unpaired) electrons. The van der Waals surface area contributed by atoms with Gasteiger partial charge < -0.3 is 9.47 Å². The summed E-state index contributed by atoms with van der Waals surface area (Å²) >= 11 is 5.97. The molecule has 1 aliphatic heterocycles. The van der Waals surface area contributed by atoms with Crippen LogP contribution in [0, 0.1) is 11.8 Å². The minimum atomic E-state index is 0.646. The zero-order chi connectivity index (χ0) is 22.9. The smallest absolute Gasteiger partial charge is 0.162 e. The topological polar surface area (TPSA) is 34.6 Å². The predicted molar refractivity (Wildman–Crippen MR) is 134 cm³/mol. The van der Waals surface area contributed by atoms with E-state index in [-0.39, 0.29) is 0 Å². The molecule has 0 amide bonds. The molecule has 1 fully saturated rings. The lowest BCUT2D eigenvalue weighted by molar-refractivity contribution is 0.224. The fraction of sp³-hybridized carbons (Fsp3) is 0.321. The van der Waals surface area contributed by atoms with Crippen molar-refractivity contribution >= 4 is 11.6 Å². The van der Waals surface area contributed by atoms with Crippen LogP contribution in [-0.2, 0) is 0 Å². The van der Waals surface area contributed by atoms with Crippen molar-refractivity contribution in [3.8, 4) is 34.5 Å². The van der Waals surface area contributed by atoms with Gasteiger partial charge in [-0.05, 0) is 80.2 Å². The van der Waals surface area contributed by atoms with Gasteiger partial charge in [-0.1, -0.05) is 42.6 Å². The monoisotopic (exact) mass is 460 g/mol. The molecule has 0 unspecified atom stereocenters. The number of likely N-dealkylation sites (tertiary alicyclic amines) is 1. The van der Waals surface area contributed by atoms with Crippen molar-refractivity contribution in [1.82, 2.24) is 9.88 Å². The first-order valence-corrected chi connectivity index (χ1v) is 11.9. The van der Waals surface area contributed by atoms with Gasteiger partial charge in [0.15, 0.2) is 11.5 Å². The van der Waals surface area contributed by atoms with Crippen LogP contribution in [0.5, 0.6) is 11.5 Å². The summed E-state index contributed by atoms with van der Waals surface area (Å²) in [5.41, 5.74) is 3.69. The largest absolute Gasteiger partial charge is 0.490 e. The van der Waals surface area contributed by atoms with Crippen LogP contribution >= 0.6 is 11.6 Å². The molecule has 1 aromatic heterocycles. The van der Waals surface area contributed by atoms with Crippen molar-refractivity contribution in [3.05, 3.63) is 77.1 Å². The van der Waals surface area contributed by atoms with Crippen LogP contribution in [-0.4, -0.2) is 42.7 Å². The number of aromatic nitrogens is 1. The van der Waals surface area contributed by atoms with Crippen LogP contribution in [0.3, 0.4) is 0 Å². The van der Waals surface area contributed by atoms with Crippen LogP contribution in [0.15, 0.2) is 60.8 Å². The highest BCUT2D eigenvalue weighted by Gasteiger charge is 2.12. The third-order valence-corrected chi connectivity index (χ3v) is 5.80. The van der Waals surface area contributed by atoms with Gasteiger partial charge in [-0.25, -0.2) is 4.98 Å². The number of halogens is 1. The third-order valence-electron chi connectivity index (χ3n) is 5.55. The summed E-state index contributed by atoms with van der Waals surface area (Å²) in [6, 6.07) is 17.6. The van der Waals surface area contributed by atoms with E-state index in [0.29, 0.717) is 13.2 Å². The van der Waals surface area contributed by atoms with Crippen molar-refractivity contribution in [1.29, 1.82) is 0 Å². The van der Waals surface area contributed by atoms with Gasteiger partial charge in [0.1, 0.15) is 12.3 Å². The maximum absolute atomic E-state index is 6.04. The first kappa shape index (κ1) is 23.2. The summed E-state index contributed by atoms with van der Waals surface area (Å²) in [5, 5.41) is 0.722. The van der Waals surface area contributed by atoms with E-state index in [1.807, 2.05) is 60.8 Å². The van der Waals surface area contributed by atoms with E-state index in [1.54, 1.807) is 0 Å². The second-order valence-electron chi connectivity index (χ2n) is 8.10. The van der Waals surface area contributed by atoms with E-state index in [0.717, 1.165) is 51.9 Å². The van der Waals surface area contributed by atoms with Gasteiger partial charge in [0.05, 0.1) is 6.61 Å². The standard InChI is InChI=1S/C28H29ClN2O2/c1-2-18-32-28-20-22(6-14-27(28)33-19-17-31-15-3-4-16-31)5-12-26-13-9-24(21-30-26)23-7-10-25(29)11-8-23/h6-11,13-14,20-21H,2-4,15-19H2,1H3. The Morgan fingerprint density at radius 1 is 0.879 bits per heavy atom. The lowest BCUT2D eigenvalue weighted by Gasteiger charge is -2.17. The Bertz CT molecular complexity index is 1100. The molecular formula is C28H29ClN2O2. The first-order chi connectivity index (χ1) is 16.2. The molecule has 2 heterocycles. The molecule has 4 nitrogen and oxygen atoms in total. The molecular weight excluding hydrogens is 432 g/mol. The molecule has 0 N–H and O–H groups in total. The van der Waals surface area contributed by atoms with Crippen LogP contribution < -0.4 is 9.47 Å². The van der Waals surface area contributed by atoms with Gasteiger partial charge in [0.2, 0.25) is 0 Å². The predicted octanol–water partition coefficient (Wildman–Crippen LogP) is 6.07. The highest BCUT2D eigenvalue weighted by Crippen LogP contribution is 2.29. The quantitative estimate of drug-likeness (QED) is 0.382. The van der Waals surface area contributed by atoms with Crippen LogP contribution in [0.25, 0.3) is 11.1 Å². The maximum Gasteiger partial charge on any atom is 0.162 e. The van der Waals surface area contributed by atoms with Crippen molar-refractivity contribution in [2.75, 3.05) is 32.8 Å². The Labute approximate surface area is 201 Å². The minimum absolute atomic E-state index is 0.646. The summed E-state index contributed by atoms with van der Waals surface area (Å²) in [7, 11) is 0. The van der Waals surface area contributed by atoms with Crippen molar-refractivity contribution in [3.63, 3.8) is 0 Å². The van der Waals surface area contributed by atoms with Crippen LogP contribution in [0.4, 0.5) is 0 Å². The number of nitrogens with zero attached hydrogens (tertiary/aromatic N) is 2. The molecule has 33 heavy (non-hydrogen) atoms. The van der Waals surface area contributed by atoms with Gasteiger partial charge in [-0.3, -0.25) is 4.90 Å². The number of benzene rings is 2. The second kappa shape index (κ2) is 11.7. The summed E-state index contributed by atoms with van der Waals surface area (Å²) in [4.78, 5) is 6.94. The van der Waals surface area contributed by atoms with Gasteiger partial charge in [0, 0.05) is 28.9 Å². The fourth-order valence-electron chi connectivity index (χ4n) is 3.74. The summed E-state index contributed by atoms with van der Waals surface area (Å²) < 4.78 is 12.0. The first-order valence-electron chi connectivity index (χ1n) is 11.6. The molecule has 1 saturated heterocycles. The zero-order valence-electron chi connectivity index (χ0n) is 19.0. The van der Waals surface area contributed by atoms with Gasteiger partial charge in [-0.15, -0.1) is 0 Å². The normalized spacial score (nSPS) is 13.4. The van der Waals surface area contributed by atoms with E-state index in [2.05, 4.69) is 28.6 Å². The molecule has 170 valence electrons. The molecule has 1 aliphatic rings. The number of ether oxygens (including phenoxy) is 2. The molecule has 0 spiro atoms. The van der Waals surface area contributed by atoms with Crippen molar-refractivity contribution in [2.45, 2.75) is 26.2 Å².